The summed E-state index contributed by atoms with van der Waals surface area (Å²) in [7, 11) is 0. The molecular weight excluding hydrogens is 228 g/mol. The van der Waals surface area contributed by atoms with Crippen LogP contribution in [0.4, 0.5) is 0 Å². The van der Waals surface area contributed by atoms with Gasteiger partial charge in [0.1, 0.15) is 12.0 Å². The molecule has 100 valence electrons. The van der Waals surface area contributed by atoms with Crippen LogP contribution in [-0.4, -0.2) is 34.3 Å². The van der Waals surface area contributed by atoms with Gasteiger partial charge >= 0.3 is 0 Å². The highest BCUT2D eigenvalue weighted by Gasteiger charge is 2.26. The monoisotopic (exact) mass is 250 g/mol. The summed E-state index contributed by atoms with van der Waals surface area (Å²) in [5.41, 5.74) is 0.442. The summed E-state index contributed by atoms with van der Waals surface area (Å²) < 4.78 is 5.40. The summed E-state index contributed by atoms with van der Waals surface area (Å²) in [5, 5.41) is 0. The quantitative estimate of drug-likeness (QED) is 0.771. The van der Waals surface area contributed by atoms with Crippen molar-refractivity contribution in [1.82, 2.24) is 9.88 Å². The van der Waals surface area contributed by atoms with E-state index in [1.165, 1.54) is 32.4 Å². The number of nitrogens with zero attached hydrogens (tertiary/aromatic N) is 2. The molecule has 0 radical (unpaired) electrons. The molecule has 4 nitrogen and oxygen atoms in total. The fourth-order valence-corrected chi connectivity index (χ4v) is 2.69. The zero-order valence-corrected chi connectivity index (χ0v) is 11.5. The topological polar surface area (TPSA) is 46.3 Å². The molecule has 1 aromatic rings. The largest absolute Gasteiger partial charge is 0.448 e. The van der Waals surface area contributed by atoms with Crippen molar-refractivity contribution in [2.24, 2.45) is 0 Å². The van der Waals surface area contributed by atoms with Crippen LogP contribution in [0.15, 0.2) is 10.7 Å². The van der Waals surface area contributed by atoms with Gasteiger partial charge in [0.05, 0.1) is 0 Å². The predicted molar refractivity (Wildman–Crippen MR) is 69.7 cm³/mol. The Bertz CT molecular complexity index is 412. The lowest BCUT2D eigenvalue weighted by molar-refractivity contribution is 0.101. The number of Topliss-reactive ketones (excluding diaryl/α,β-unsaturated/α-hetero) is 1. The second kappa shape index (κ2) is 5.65. The number of oxazole rings is 1. The molecule has 0 aliphatic carbocycles. The van der Waals surface area contributed by atoms with Gasteiger partial charge in [0.15, 0.2) is 11.7 Å². The highest BCUT2D eigenvalue weighted by molar-refractivity contribution is 5.91. The summed E-state index contributed by atoms with van der Waals surface area (Å²) in [5.74, 6) is 0.659. The van der Waals surface area contributed by atoms with Crippen LogP contribution >= 0.6 is 0 Å². The van der Waals surface area contributed by atoms with E-state index in [-0.39, 0.29) is 5.78 Å². The number of ketones is 1. The van der Waals surface area contributed by atoms with Crippen molar-refractivity contribution in [3.8, 4) is 0 Å². The Morgan fingerprint density at radius 2 is 2.33 bits per heavy atom. The molecule has 0 bridgehead atoms. The Balaban J connectivity index is 2.03. The zero-order valence-electron chi connectivity index (χ0n) is 11.5. The second-order valence-corrected chi connectivity index (χ2v) is 5.37. The summed E-state index contributed by atoms with van der Waals surface area (Å²) in [6.45, 7) is 7.13. The fraction of sp³-hybridized carbons (Fsp3) is 0.714. The van der Waals surface area contributed by atoms with E-state index in [2.05, 4.69) is 23.7 Å². The number of aromatic nitrogens is 1. The Hall–Kier alpha value is -1.16. The van der Waals surface area contributed by atoms with E-state index < -0.39 is 0 Å². The molecule has 1 aliphatic heterocycles. The van der Waals surface area contributed by atoms with Crippen molar-refractivity contribution in [2.75, 3.05) is 6.54 Å². The molecule has 2 heterocycles. The average molecular weight is 250 g/mol. The minimum atomic E-state index is -0.0330. The molecule has 1 unspecified atom stereocenters. The molecule has 1 aliphatic rings. The van der Waals surface area contributed by atoms with Gasteiger partial charge < -0.3 is 4.42 Å². The molecule has 1 atom stereocenters. The van der Waals surface area contributed by atoms with Gasteiger partial charge in [0.2, 0.25) is 0 Å². The number of hydrogen-bond donors (Lipinski definition) is 0. The molecule has 4 heteroatoms. The lowest BCUT2D eigenvalue weighted by Crippen LogP contribution is -2.45. The minimum Gasteiger partial charge on any atom is -0.448 e. The highest BCUT2D eigenvalue weighted by Crippen LogP contribution is 2.22. The van der Waals surface area contributed by atoms with Crippen LogP contribution in [0.25, 0.3) is 0 Å². The molecule has 18 heavy (non-hydrogen) atoms. The first-order valence-electron chi connectivity index (χ1n) is 6.79. The van der Waals surface area contributed by atoms with Gasteiger partial charge in [-0.15, -0.1) is 0 Å². The zero-order chi connectivity index (χ0) is 13.1. The van der Waals surface area contributed by atoms with Crippen LogP contribution in [0.2, 0.25) is 0 Å². The standard InChI is InChI=1S/C14H22N2O2/c1-10(2)16-7-5-4-6-12(16)8-14-15-13(9-18-14)11(3)17/h9-10,12H,4-8H2,1-3H3. The van der Waals surface area contributed by atoms with E-state index in [4.69, 9.17) is 4.42 Å². The number of carbonyl (C=O) groups excluding carboxylic acids is 1. The van der Waals surface area contributed by atoms with Crippen molar-refractivity contribution in [3.63, 3.8) is 0 Å². The molecule has 1 saturated heterocycles. The predicted octanol–water partition coefficient (Wildman–Crippen LogP) is 2.68. The molecule has 0 aromatic carbocycles. The van der Waals surface area contributed by atoms with Crippen LogP contribution in [0.3, 0.4) is 0 Å². The van der Waals surface area contributed by atoms with Gasteiger partial charge in [-0.3, -0.25) is 9.69 Å². The summed E-state index contributed by atoms with van der Waals surface area (Å²) in [6.07, 6.45) is 6.02. The number of rotatable bonds is 4. The van der Waals surface area contributed by atoms with Gasteiger partial charge in [0.25, 0.3) is 0 Å². The molecule has 1 fully saturated rings. The van der Waals surface area contributed by atoms with Gasteiger partial charge in [-0.05, 0) is 33.2 Å². The minimum absolute atomic E-state index is 0.0330. The molecule has 0 saturated carbocycles. The lowest BCUT2D eigenvalue weighted by Gasteiger charge is -2.38. The van der Waals surface area contributed by atoms with Gasteiger partial charge in [-0.25, -0.2) is 4.98 Å². The average Bonchev–Trinajstić information content (AvgIpc) is 2.78. The van der Waals surface area contributed by atoms with Crippen LogP contribution in [0, 0.1) is 0 Å². The highest BCUT2D eigenvalue weighted by atomic mass is 16.3. The van der Waals surface area contributed by atoms with E-state index in [9.17, 15) is 4.79 Å². The smallest absolute Gasteiger partial charge is 0.196 e. The maximum atomic E-state index is 11.2. The normalized spacial score (nSPS) is 21.4. The maximum Gasteiger partial charge on any atom is 0.196 e. The number of hydrogen-bond acceptors (Lipinski definition) is 4. The van der Waals surface area contributed by atoms with Crippen LogP contribution in [0.1, 0.15) is 56.4 Å². The van der Waals surface area contributed by atoms with Gasteiger partial charge in [-0.2, -0.15) is 0 Å². The number of piperidine rings is 1. The molecule has 1 aromatic heterocycles. The van der Waals surface area contributed by atoms with E-state index >= 15 is 0 Å². The Morgan fingerprint density at radius 1 is 1.56 bits per heavy atom. The summed E-state index contributed by atoms with van der Waals surface area (Å²) in [6, 6.07) is 1.05. The number of carbonyl (C=O) groups is 1. The lowest BCUT2D eigenvalue weighted by atomic mass is 9.98. The van der Waals surface area contributed by atoms with Crippen LogP contribution in [-0.2, 0) is 6.42 Å². The van der Waals surface area contributed by atoms with E-state index in [1.807, 2.05) is 0 Å². The van der Waals surface area contributed by atoms with Gasteiger partial charge in [-0.1, -0.05) is 6.42 Å². The Kier molecular flexibility index (Phi) is 4.17. The van der Waals surface area contributed by atoms with Crippen LogP contribution in [0.5, 0.6) is 0 Å². The third-order valence-electron chi connectivity index (χ3n) is 3.66. The third kappa shape index (κ3) is 2.99. The first-order chi connectivity index (χ1) is 8.58. The Morgan fingerprint density at radius 3 is 2.94 bits per heavy atom. The molecular formula is C14H22N2O2. The van der Waals surface area contributed by atoms with Crippen molar-refractivity contribution in [3.05, 3.63) is 17.8 Å². The van der Waals surface area contributed by atoms with Crippen molar-refractivity contribution in [1.29, 1.82) is 0 Å². The van der Waals surface area contributed by atoms with E-state index in [1.54, 1.807) is 0 Å². The second-order valence-electron chi connectivity index (χ2n) is 5.37. The Labute approximate surface area is 108 Å². The summed E-state index contributed by atoms with van der Waals surface area (Å²) >= 11 is 0. The molecule has 0 N–H and O–H groups in total. The van der Waals surface area contributed by atoms with Crippen molar-refractivity contribution in [2.45, 2.75) is 58.5 Å². The van der Waals surface area contributed by atoms with Crippen molar-refractivity contribution < 1.29 is 9.21 Å². The van der Waals surface area contributed by atoms with E-state index in [0.29, 0.717) is 23.7 Å². The summed E-state index contributed by atoms with van der Waals surface area (Å²) in [4.78, 5) is 18.0. The molecule has 2 rings (SSSR count). The third-order valence-corrected chi connectivity index (χ3v) is 3.66. The fourth-order valence-electron chi connectivity index (χ4n) is 2.69. The molecule has 0 amide bonds. The van der Waals surface area contributed by atoms with Crippen molar-refractivity contribution >= 4 is 5.78 Å². The SMILES string of the molecule is CC(=O)c1coc(CC2CCCCN2C(C)C)n1. The van der Waals surface area contributed by atoms with Crippen LogP contribution < -0.4 is 0 Å². The number of likely N-dealkylation sites (tertiary alicyclic amines) is 1. The van der Waals surface area contributed by atoms with Gasteiger partial charge in [0, 0.05) is 25.4 Å². The van der Waals surface area contributed by atoms with E-state index in [0.717, 1.165) is 13.0 Å². The molecule has 0 spiro atoms. The maximum absolute atomic E-state index is 11.2. The first kappa shape index (κ1) is 13.3. The first-order valence-corrected chi connectivity index (χ1v) is 6.79.